The molecular formula is C9H13N5O2. The number of aromatic nitrogens is 3. The molecule has 1 aliphatic heterocycles. The molecule has 0 saturated carbocycles. The van der Waals surface area contributed by atoms with E-state index in [4.69, 9.17) is 5.73 Å². The second kappa shape index (κ2) is 3.92. The summed E-state index contributed by atoms with van der Waals surface area (Å²) in [5.41, 5.74) is 5.48. The minimum atomic E-state index is -0.505. The van der Waals surface area contributed by atoms with Crippen LogP contribution in [0.15, 0.2) is 6.20 Å². The third kappa shape index (κ3) is 1.75. The molecule has 1 aromatic heterocycles. The molecule has 1 atom stereocenters. The van der Waals surface area contributed by atoms with Crippen LogP contribution in [0.3, 0.4) is 0 Å². The van der Waals surface area contributed by atoms with Crippen molar-refractivity contribution < 1.29 is 9.59 Å². The van der Waals surface area contributed by atoms with Crippen molar-refractivity contribution in [3.05, 3.63) is 11.9 Å². The molecule has 0 aromatic carbocycles. The van der Waals surface area contributed by atoms with Gasteiger partial charge in [0.25, 0.3) is 5.91 Å². The van der Waals surface area contributed by atoms with E-state index in [9.17, 15) is 9.59 Å². The lowest BCUT2D eigenvalue weighted by molar-refractivity contribution is -0.121. The van der Waals surface area contributed by atoms with Gasteiger partial charge in [0.15, 0.2) is 5.69 Å². The Labute approximate surface area is 92.2 Å². The molecule has 16 heavy (non-hydrogen) atoms. The van der Waals surface area contributed by atoms with Gasteiger partial charge >= 0.3 is 0 Å². The lowest BCUT2D eigenvalue weighted by Gasteiger charge is -2.20. The molecule has 1 saturated heterocycles. The molecule has 1 aliphatic rings. The van der Waals surface area contributed by atoms with Gasteiger partial charge in [0.2, 0.25) is 5.91 Å². The molecule has 0 bridgehead atoms. The highest BCUT2D eigenvalue weighted by atomic mass is 16.2. The van der Waals surface area contributed by atoms with E-state index in [2.05, 4.69) is 10.3 Å². The Kier molecular flexibility index (Phi) is 2.59. The Morgan fingerprint density at radius 3 is 2.88 bits per heavy atom. The van der Waals surface area contributed by atoms with Crippen LogP contribution in [0.1, 0.15) is 23.3 Å². The van der Waals surface area contributed by atoms with E-state index in [-0.39, 0.29) is 11.6 Å². The summed E-state index contributed by atoms with van der Waals surface area (Å²) in [6.07, 6.45) is 2.94. The number of hydrogen-bond donors (Lipinski definition) is 1. The fourth-order valence-electron chi connectivity index (χ4n) is 1.90. The van der Waals surface area contributed by atoms with E-state index in [1.807, 2.05) is 0 Å². The fourth-order valence-corrected chi connectivity index (χ4v) is 1.90. The lowest BCUT2D eigenvalue weighted by Crippen LogP contribution is -2.43. The zero-order valence-electron chi connectivity index (χ0n) is 8.96. The third-order valence-corrected chi connectivity index (χ3v) is 2.66. The Bertz CT molecular complexity index is 427. The first-order valence-corrected chi connectivity index (χ1v) is 5.06. The predicted molar refractivity (Wildman–Crippen MR) is 54.3 cm³/mol. The smallest absolute Gasteiger partial charge is 0.276 e. The molecule has 0 radical (unpaired) electrons. The molecule has 1 fully saturated rings. The number of amides is 2. The number of aryl methyl sites for hydroxylation is 1. The van der Waals surface area contributed by atoms with Gasteiger partial charge in [-0.2, -0.15) is 0 Å². The zero-order valence-corrected chi connectivity index (χ0v) is 8.96. The molecule has 7 nitrogen and oxygen atoms in total. The topological polar surface area (TPSA) is 94.1 Å². The summed E-state index contributed by atoms with van der Waals surface area (Å²) in [6.45, 7) is 0.545. The SMILES string of the molecule is Cn1cc(C(=O)N2CCCC2C(N)=O)nn1. The first-order valence-electron chi connectivity index (χ1n) is 5.06. The normalized spacial score (nSPS) is 20.1. The molecule has 7 heteroatoms. The predicted octanol–water partition coefficient (Wildman–Crippen LogP) is -1.09. The number of hydrogen-bond acceptors (Lipinski definition) is 4. The van der Waals surface area contributed by atoms with E-state index in [0.29, 0.717) is 13.0 Å². The Balaban J connectivity index is 2.18. The second-order valence-corrected chi connectivity index (χ2v) is 3.84. The van der Waals surface area contributed by atoms with Gasteiger partial charge in [0.1, 0.15) is 6.04 Å². The number of likely N-dealkylation sites (tertiary alicyclic amines) is 1. The maximum atomic E-state index is 12.0. The van der Waals surface area contributed by atoms with Crippen molar-refractivity contribution in [2.24, 2.45) is 12.8 Å². The highest BCUT2D eigenvalue weighted by Gasteiger charge is 2.34. The minimum Gasteiger partial charge on any atom is -0.368 e. The largest absolute Gasteiger partial charge is 0.368 e. The van der Waals surface area contributed by atoms with Gasteiger partial charge in [-0.15, -0.1) is 5.10 Å². The minimum absolute atomic E-state index is 0.246. The molecule has 2 N–H and O–H groups in total. The maximum Gasteiger partial charge on any atom is 0.276 e. The van der Waals surface area contributed by atoms with Crippen molar-refractivity contribution in [1.29, 1.82) is 0 Å². The van der Waals surface area contributed by atoms with Crippen LogP contribution in [0.5, 0.6) is 0 Å². The third-order valence-electron chi connectivity index (χ3n) is 2.66. The lowest BCUT2D eigenvalue weighted by atomic mass is 10.2. The van der Waals surface area contributed by atoms with Crippen LogP contribution in [-0.4, -0.2) is 44.3 Å². The molecule has 0 aliphatic carbocycles. The highest BCUT2D eigenvalue weighted by Crippen LogP contribution is 2.18. The van der Waals surface area contributed by atoms with E-state index < -0.39 is 11.9 Å². The molecule has 86 valence electrons. The highest BCUT2D eigenvalue weighted by molar-refractivity contribution is 5.95. The molecule has 2 heterocycles. The molecule has 0 spiro atoms. The molecule has 1 unspecified atom stereocenters. The maximum absolute atomic E-state index is 12.0. The number of primary amides is 1. The van der Waals surface area contributed by atoms with Crippen LogP contribution in [-0.2, 0) is 11.8 Å². The van der Waals surface area contributed by atoms with Crippen molar-refractivity contribution in [1.82, 2.24) is 19.9 Å². The standard InChI is InChI=1S/C9H13N5O2/c1-13-5-6(11-12-13)9(16)14-4-2-3-7(14)8(10)15/h5,7H,2-4H2,1H3,(H2,10,15). The summed E-state index contributed by atoms with van der Waals surface area (Å²) in [7, 11) is 1.68. The number of nitrogens with two attached hydrogens (primary N) is 1. The van der Waals surface area contributed by atoms with Crippen LogP contribution < -0.4 is 5.73 Å². The summed E-state index contributed by atoms with van der Waals surface area (Å²) < 4.78 is 1.45. The van der Waals surface area contributed by atoms with Gasteiger partial charge in [-0.3, -0.25) is 14.3 Å². The fraction of sp³-hybridized carbons (Fsp3) is 0.556. The van der Waals surface area contributed by atoms with E-state index in [0.717, 1.165) is 6.42 Å². The van der Waals surface area contributed by atoms with Gasteiger partial charge in [0, 0.05) is 13.6 Å². The summed E-state index contributed by atoms with van der Waals surface area (Å²) in [4.78, 5) is 24.6. The van der Waals surface area contributed by atoms with Crippen LogP contribution in [0, 0.1) is 0 Å². The van der Waals surface area contributed by atoms with E-state index in [1.165, 1.54) is 15.8 Å². The summed E-state index contributed by atoms with van der Waals surface area (Å²) in [6, 6.07) is -0.505. The number of nitrogens with zero attached hydrogens (tertiary/aromatic N) is 4. The number of rotatable bonds is 2. The number of carbonyl (C=O) groups excluding carboxylic acids is 2. The first-order chi connectivity index (χ1) is 7.59. The van der Waals surface area contributed by atoms with Crippen molar-refractivity contribution >= 4 is 11.8 Å². The summed E-state index contributed by atoms with van der Waals surface area (Å²) in [5, 5.41) is 7.41. The Morgan fingerprint density at radius 1 is 1.56 bits per heavy atom. The Hall–Kier alpha value is -1.92. The summed E-state index contributed by atoms with van der Waals surface area (Å²) >= 11 is 0. The molecule has 2 amide bonds. The van der Waals surface area contributed by atoms with Gasteiger partial charge in [-0.05, 0) is 12.8 Å². The van der Waals surface area contributed by atoms with Gasteiger partial charge in [-0.25, -0.2) is 0 Å². The summed E-state index contributed by atoms with van der Waals surface area (Å²) in [5.74, 6) is -0.746. The van der Waals surface area contributed by atoms with Crippen molar-refractivity contribution in [2.75, 3.05) is 6.54 Å². The van der Waals surface area contributed by atoms with Crippen molar-refractivity contribution in [3.8, 4) is 0 Å². The van der Waals surface area contributed by atoms with Crippen molar-refractivity contribution in [3.63, 3.8) is 0 Å². The molecular weight excluding hydrogens is 210 g/mol. The zero-order chi connectivity index (χ0) is 11.7. The molecule has 2 rings (SSSR count). The monoisotopic (exact) mass is 223 g/mol. The van der Waals surface area contributed by atoms with Gasteiger partial charge < -0.3 is 10.6 Å². The number of carbonyl (C=O) groups is 2. The van der Waals surface area contributed by atoms with Crippen molar-refractivity contribution in [2.45, 2.75) is 18.9 Å². The average molecular weight is 223 g/mol. The van der Waals surface area contributed by atoms with E-state index >= 15 is 0 Å². The second-order valence-electron chi connectivity index (χ2n) is 3.84. The van der Waals surface area contributed by atoms with E-state index in [1.54, 1.807) is 7.05 Å². The van der Waals surface area contributed by atoms with Gasteiger partial charge in [0.05, 0.1) is 6.20 Å². The van der Waals surface area contributed by atoms with Crippen LogP contribution >= 0.6 is 0 Å². The first kappa shape index (κ1) is 10.6. The van der Waals surface area contributed by atoms with Gasteiger partial charge in [-0.1, -0.05) is 5.21 Å². The Morgan fingerprint density at radius 2 is 2.31 bits per heavy atom. The quantitative estimate of drug-likeness (QED) is 0.689. The van der Waals surface area contributed by atoms with Crippen LogP contribution in [0.25, 0.3) is 0 Å². The van der Waals surface area contributed by atoms with Crippen LogP contribution in [0.2, 0.25) is 0 Å². The average Bonchev–Trinajstić information content (AvgIpc) is 2.84. The molecule has 1 aromatic rings. The van der Waals surface area contributed by atoms with Crippen LogP contribution in [0.4, 0.5) is 0 Å².